The number of fused-ring (bicyclic) bond motifs is 1. The van der Waals surface area contributed by atoms with Crippen LogP contribution < -0.4 is 14.9 Å². The van der Waals surface area contributed by atoms with Gasteiger partial charge in [-0.25, -0.2) is 9.98 Å². The van der Waals surface area contributed by atoms with Gasteiger partial charge in [-0.15, -0.1) is 11.3 Å². The van der Waals surface area contributed by atoms with Gasteiger partial charge in [0.1, 0.15) is 0 Å². The first-order valence-corrected chi connectivity index (χ1v) is 11.9. The highest BCUT2D eigenvalue weighted by atomic mass is 32.1. The van der Waals surface area contributed by atoms with Gasteiger partial charge in [-0.3, -0.25) is 5.43 Å². The number of hydrogen-bond donors (Lipinski definition) is 1. The van der Waals surface area contributed by atoms with E-state index in [0.717, 1.165) is 32.2 Å². The van der Waals surface area contributed by atoms with Gasteiger partial charge in [0.25, 0.3) is 0 Å². The first-order chi connectivity index (χ1) is 16.5. The maximum atomic E-state index is 5.84. The molecule has 1 N–H and O–H groups in total. The lowest BCUT2D eigenvalue weighted by Crippen LogP contribution is -2.18. The average molecular weight is 473 g/mol. The van der Waals surface area contributed by atoms with Crippen LogP contribution in [0, 0.1) is 12.8 Å². The van der Waals surface area contributed by atoms with Crippen molar-refractivity contribution in [1.82, 2.24) is 10.4 Å². The number of hydrogen-bond acceptors (Lipinski definition) is 6. The summed E-state index contributed by atoms with van der Waals surface area (Å²) in [5.41, 5.74) is 6.92. The number of ether oxygens (including phenoxy) is 2. The fraction of sp³-hybridized carbons (Fsp3) is 0.222. The molecule has 0 saturated carbocycles. The lowest BCUT2D eigenvalue weighted by molar-refractivity contribution is 0.257. The van der Waals surface area contributed by atoms with Crippen LogP contribution in [0.1, 0.15) is 30.0 Å². The Bertz CT molecular complexity index is 1280. The molecular weight excluding hydrogens is 444 g/mol. The van der Waals surface area contributed by atoms with Crippen LogP contribution in [0.5, 0.6) is 11.5 Å². The van der Waals surface area contributed by atoms with E-state index >= 15 is 0 Å². The van der Waals surface area contributed by atoms with Crippen LogP contribution in [0.4, 0.5) is 5.69 Å². The number of nitrogens with zero attached hydrogens (tertiary/aromatic N) is 3. The van der Waals surface area contributed by atoms with E-state index in [1.165, 1.54) is 5.56 Å². The number of methoxy groups -OCH3 is 1. The van der Waals surface area contributed by atoms with Gasteiger partial charge in [0.05, 0.1) is 35.8 Å². The molecule has 1 aromatic heterocycles. The summed E-state index contributed by atoms with van der Waals surface area (Å²) in [4.78, 5) is 9.52. The molecule has 0 aliphatic rings. The fourth-order valence-corrected chi connectivity index (χ4v) is 4.06. The molecule has 0 amide bonds. The highest BCUT2D eigenvalue weighted by Gasteiger charge is 2.11. The number of amidine groups is 1. The van der Waals surface area contributed by atoms with Crippen LogP contribution in [-0.2, 0) is 0 Å². The summed E-state index contributed by atoms with van der Waals surface area (Å²) >= 11 is 1.57. The van der Waals surface area contributed by atoms with Gasteiger partial charge in [0.15, 0.2) is 22.3 Å². The summed E-state index contributed by atoms with van der Waals surface area (Å²) in [5, 5.41) is 5.22. The second-order valence-corrected chi connectivity index (χ2v) is 9.30. The van der Waals surface area contributed by atoms with Crippen LogP contribution in [0.3, 0.4) is 0 Å². The van der Waals surface area contributed by atoms with Crippen molar-refractivity contribution in [2.45, 2.75) is 20.8 Å². The van der Waals surface area contributed by atoms with E-state index < -0.39 is 0 Å². The number of benzene rings is 3. The summed E-state index contributed by atoms with van der Waals surface area (Å²) in [6.45, 7) is 6.91. The molecule has 0 unspecified atom stereocenters. The minimum Gasteiger partial charge on any atom is -0.493 e. The Labute approximate surface area is 204 Å². The van der Waals surface area contributed by atoms with E-state index in [0.29, 0.717) is 24.1 Å². The van der Waals surface area contributed by atoms with Gasteiger partial charge in [0.2, 0.25) is 0 Å². The van der Waals surface area contributed by atoms with Crippen LogP contribution in [0.15, 0.2) is 76.8 Å². The number of nitrogens with one attached hydrogen (secondary N) is 1. The van der Waals surface area contributed by atoms with Crippen molar-refractivity contribution >= 4 is 39.3 Å². The molecule has 6 nitrogen and oxygen atoms in total. The van der Waals surface area contributed by atoms with Crippen LogP contribution in [-0.4, -0.2) is 30.8 Å². The van der Waals surface area contributed by atoms with Crippen LogP contribution >= 0.6 is 11.3 Å². The molecule has 34 heavy (non-hydrogen) atoms. The van der Waals surface area contributed by atoms with E-state index in [1.807, 2.05) is 60.7 Å². The zero-order chi connectivity index (χ0) is 23.9. The molecule has 7 heteroatoms. The third kappa shape index (κ3) is 5.99. The molecule has 4 aromatic rings. The molecule has 3 aromatic carbocycles. The molecule has 0 radical (unpaired) electrons. The monoisotopic (exact) mass is 472 g/mol. The highest BCUT2D eigenvalue weighted by Crippen LogP contribution is 2.28. The van der Waals surface area contributed by atoms with Crippen molar-refractivity contribution in [3.63, 3.8) is 0 Å². The third-order valence-electron chi connectivity index (χ3n) is 4.92. The summed E-state index contributed by atoms with van der Waals surface area (Å²) in [5.74, 6) is 2.41. The van der Waals surface area contributed by atoms with Gasteiger partial charge in [-0.05, 0) is 60.9 Å². The van der Waals surface area contributed by atoms with Crippen molar-refractivity contribution in [1.29, 1.82) is 0 Å². The molecule has 0 aliphatic carbocycles. The molecule has 1 heterocycles. The highest BCUT2D eigenvalue weighted by molar-refractivity contribution is 7.20. The molecular formula is C27H28N4O2S. The summed E-state index contributed by atoms with van der Waals surface area (Å²) < 4.78 is 12.4. The van der Waals surface area contributed by atoms with Crippen molar-refractivity contribution < 1.29 is 9.47 Å². The van der Waals surface area contributed by atoms with E-state index in [4.69, 9.17) is 19.5 Å². The maximum Gasteiger partial charge on any atom is 0.183 e. The van der Waals surface area contributed by atoms with Crippen molar-refractivity contribution in [3.05, 3.63) is 82.9 Å². The first kappa shape index (κ1) is 23.4. The fourth-order valence-electron chi connectivity index (χ4n) is 3.15. The number of aliphatic imine (C=N–C) groups is 1. The normalized spacial score (nSPS) is 12.0. The molecule has 0 aliphatic heterocycles. The van der Waals surface area contributed by atoms with E-state index in [2.05, 4.69) is 37.4 Å². The number of hydrazone groups is 1. The van der Waals surface area contributed by atoms with Crippen molar-refractivity contribution in [2.75, 3.05) is 13.7 Å². The standard InChI is InChI=1S/C27H28N4O2S/c1-18(2)17-33-23-14-11-20(15-24(23)32-4)16-28-31-26(29-21-12-9-19(3)10-13-21)27-30-22-7-5-6-8-25(22)34-27/h5-16,18H,17H2,1-4H3,(H,29,31). The average Bonchev–Trinajstić information content (AvgIpc) is 3.28. The molecule has 0 spiro atoms. The largest absolute Gasteiger partial charge is 0.493 e. The Morgan fingerprint density at radius 2 is 1.85 bits per heavy atom. The Hall–Kier alpha value is -3.71. The molecule has 174 valence electrons. The predicted octanol–water partition coefficient (Wildman–Crippen LogP) is 6.35. The number of thiazole rings is 1. The summed E-state index contributed by atoms with van der Waals surface area (Å²) in [7, 11) is 1.64. The number of aryl methyl sites for hydroxylation is 1. The summed E-state index contributed by atoms with van der Waals surface area (Å²) in [6, 6.07) is 21.8. The van der Waals surface area contributed by atoms with Gasteiger partial charge in [-0.1, -0.05) is 43.7 Å². The van der Waals surface area contributed by atoms with Crippen molar-refractivity contribution in [2.24, 2.45) is 16.0 Å². The zero-order valence-corrected chi connectivity index (χ0v) is 20.6. The SMILES string of the molecule is COc1cc(C=NNC(=Nc2ccc(C)cc2)c2nc3ccccc3s2)ccc1OCC(C)C. The second kappa shape index (κ2) is 10.9. The maximum absolute atomic E-state index is 5.84. The first-order valence-electron chi connectivity index (χ1n) is 11.1. The Morgan fingerprint density at radius 3 is 2.59 bits per heavy atom. The molecule has 0 fully saturated rings. The molecule has 0 atom stereocenters. The molecule has 0 bridgehead atoms. The predicted molar refractivity (Wildman–Crippen MR) is 141 cm³/mol. The third-order valence-corrected chi connectivity index (χ3v) is 5.96. The van der Waals surface area contributed by atoms with E-state index in [-0.39, 0.29) is 0 Å². The van der Waals surface area contributed by atoms with Gasteiger partial charge < -0.3 is 9.47 Å². The molecule has 4 rings (SSSR count). The smallest absolute Gasteiger partial charge is 0.183 e. The topological polar surface area (TPSA) is 68.1 Å². The summed E-state index contributed by atoms with van der Waals surface area (Å²) in [6.07, 6.45) is 1.73. The van der Waals surface area contributed by atoms with Gasteiger partial charge >= 0.3 is 0 Å². The number of rotatable bonds is 8. The minimum absolute atomic E-state index is 0.434. The number of aromatic nitrogens is 1. The lowest BCUT2D eigenvalue weighted by atomic mass is 10.2. The van der Waals surface area contributed by atoms with Gasteiger partial charge in [0, 0.05) is 0 Å². The van der Waals surface area contributed by atoms with E-state index in [9.17, 15) is 0 Å². The van der Waals surface area contributed by atoms with E-state index in [1.54, 1.807) is 24.7 Å². The molecule has 0 saturated heterocycles. The van der Waals surface area contributed by atoms with Crippen LogP contribution in [0.25, 0.3) is 10.2 Å². The Morgan fingerprint density at radius 1 is 1.06 bits per heavy atom. The Kier molecular flexibility index (Phi) is 7.54. The quantitative estimate of drug-likeness (QED) is 0.184. The second-order valence-electron chi connectivity index (χ2n) is 8.27. The minimum atomic E-state index is 0.434. The van der Waals surface area contributed by atoms with Crippen molar-refractivity contribution in [3.8, 4) is 11.5 Å². The lowest BCUT2D eigenvalue weighted by Gasteiger charge is -2.12. The van der Waals surface area contributed by atoms with Crippen LogP contribution in [0.2, 0.25) is 0 Å². The number of para-hydroxylation sites is 1. The zero-order valence-electron chi connectivity index (χ0n) is 19.8. The van der Waals surface area contributed by atoms with Gasteiger partial charge in [-0.2, -0.15) is 5.10 Å². The Balaban J connectivity index is 1.58.